The van der Waals surface area contributed by atoms with Crippen molar-refractivity contribution in [1.29, 1.82) is 5.26 Å². The highest BCUT2D eigenvalue weighted by Crippen LogP contribution is 2.15. The predicted molar refractivity (Wildman–Crippen MR) is 116 cm³/mol. The lowest BCUT2D eigenvalue weighted by molar-refractivity contribution is -0.134. The summed E-state index contributed by atoms with van der Waals surface area (Å²) in [6.07, 6.45) is 3.25. The number of pyridine rings is 1. The standard InChI is InChI=1S/C21H27N7O3/c1-15(31-10-5-23-18-14-25-26-21(30)16(18)2)11-20(29)28-8-6-27(7-9-28)19-4-3-17(12-22)13-24-19/h3-4,13-15H,5-11H2,1-2H3,(H2,23,26,30)/t15-/m1/s1. The van der Waals surface area contributed by atoms with E-state index in [-0.39, 0.29) is 17.6 Å². The van der Waals surface area contributed by atoms with Gasteiger partial charge in [0.15, 0.2) is 0 Å². The molecule has 2 N–H and O–H groups in total. The van der Waals surface area contributed by atoms with Crippen LogP contribution in [0.3, 0.4) is 0 Å². The van der Waals surface area contributed by atoms with Crippen molar-refractivity contribution in [3.05, 3.63) is 46.0 Å². The number of aromatic amines is 1. The molecule has 2 aromatic rings. The molecule has 0 saturated carbocycles. The van der Waals surface area contributed by atoms with Gasteiger partial charge < -0.3 is 19.9 Å². The Morgan fingerprint density at radius 2 is 2.10 bits per heavy atom. The van der Waals surface area contributed by atoms with Crippen LogP contribution in [0.15, 0.2) is 29.3 Å². The highest BCUT2D eigenvalue weighted by atomic mass is 16.5. The van der Waals surface area contributed by atoms with Gasteiger partial charge >= 0.3 is 0 Å². The molecule has 10 nitrogen and oxygen atoms in total. The number of anilines is 2. The fourth-order valence-electron chi connectivity index (χ4n) is 3.34. The molecule has 0 aromatic carbocycles. The fraction of sp³-hybridized carbons (Fsp3) is 0.476. The van der Waals surface area contributed by atoms with Gasteiger partial charge in [0.2, 0.25) is 5.91 Å². The van der Waals surface area contributed by atoms with E-state index in [1.807, 2.05) is 17.9 Å². The summed E-state index contributed by atoms with van der Waals surface area (Å²) >= 11 is 0. The molecule has 3 heterocycles. The Morgan fingerprint density at radius 1 is 1.32 bits per heavy atom. The van der Waals surface area contributed by atoms with Gasteiger partial charge in [0.05, 0.1) is 36.6 Å². The van der Waals surface area contributed by atoms with Gasteiger partial charge in [0.1, 0.15) is 11.9 Å². The zero-order valence-corrected chi connectivity index (χ0v) is 17.8. The van der Waals surface area contributed by atoms with Crippen LogP contribution in [0.5, 0.6) is 0 Å². The molecule has 1 fully saturated rings. The summed E-state index contributed by atoms with van der Waals surface area (Å²) in [5.74, 6) is 0.892. The topological polar surface area (TPSA) is 127 Å². The Morgan fingerprint density at radius 3 is 2.77 bits per heavy atom. The largest absolute Gasteiger partial charge is 0.381 e. The third-order valence-corrected chi connectivity index (χ3v) is 5.22. The molecule has 0 unspecified atom stereocenters. The maximum Gasteiger partial charge on any atom is 0.269 e. The molecule has 3 rings (SSSR count). The molecule has 0 bridgehead atoms. The van der Waals surface area contributed by atoms with Crippen LogP contribution in [0.4, 0.5) is 11.5 Å². The van der Waals surface area contributed by atoms with E-state index in [9.17, 15) is 9.59 Å². The number of aromatic nitrogens is 3. The number of nitrogens with zero attached hydrogens (tertiary/aromatic N) is 5. The molecular formula is C21H27N7O3. The smallest absolute Gasteiger partial charge is 0.269 e. The van der Waals surface area contributed by atoms with Crippen molar-refractivity contribution in [3.8, 4) is 6.07 Å². The van der Waals surface area contributed by atoms with Gasteiger partial charge in [0.25, 0.3) is 5.56 Å². The zero-order chi connectivity index (χ0) is 22.2. The van der Waals surface area contributed by atoms with Gasteiger partial charge in [-0.15, -0.1) is 0 Å². The summed E-state index contributed by atoms with van der Waals surface area (Å²) in [7, 11) is 0. The number of carbonyl (C=O) groups is 1. The van der Waals surface area contributed by atoms with Gasteiger partial charge in [-0.2, -0.15) is 10.4 Å². The van der Waals surface area contributed by atoms with Crippen LogP contribution in [-0.4, -0.2) is 71.4 Å². The van der Waals surface area contributed by atoms with E-state index in [1.54, 1.807) is 25.4 Å². The Labute approximate surface area is 180 Å². The van der Waals surface area contributed by atoms with E-state index in [1.165, 1.54) is 0 Å². The summed E-state index contributed by atoms with van der Waals surface area (Å²) in [6.45, 7) is 7.20. The molecule has 1 aliphatic heterocycles. The van der Waals surface area contributed by atoms with Crippen molar-refractivity contribution in [2.45, 2.75) is 26.4 Å². The number of hydrogen-bond donors (Lipinski definition) is 2. The third kappa shape index (κ3) is 6.02. The van der Waals surface area contributed by atoms with Gasteiger partial charge in [-0.3, -0.25) is 9.59 Å². The Kier molecular flexibility index (Phi) is 7.56. The zero-order valence-electron chi connectivity index (χ0n) is 17.8. The quantitative estimate of drug-likeness (QED) is 0.597. The van der Waals surface area contributed by atoms with Crippen molar-refractivity contribution in [2.24, 2.45) is 0 Å². The minimum atomic E-state index is -0.222. The highest BCUT2D eigenvalue weighted by Gasteiger charge is 2.23. The number of nitrogens with one attached hydrogen (secondary N) is 2. The lowest BCUT2D eigenvalue weighted by Gasteiger charge is -2.35. The van der Waals surface area contributed by atoms with Gasteiger partial charge in [0, 0.05) is 44.5 Å². The minimum absolute atomic E-state index is 0.0718. The average molecular weight is 425 g/mol. The van der Waals surface area contributed by atoms with Crippen molar-refractivity contribution in [3.63, 3.8) is 0 Å². The molecule has 1 saturated heterocycles. The van der Waals surface area contributed by atoms with Crippen molar-refractivity contribution < 1.29 is 9.53 Å². The molecule has 0 radical (unpaired) electrons. The molecule has 0 spiro atoms. The number of hydrogen-bond acceptors (Lipinski definition) is 8. The summed E-state index contributed by atoms with van der Waals surface area (Å²) in [4.78, 5) is 32.4. The number of ether oxygens (including phenoxy) is 1. The molecule has 1 atom stereocenters. The SMILES string of the molecule is Cc1c(NCCO[C@H](C)CC(=O)N2CCN(c3ccc(C#N)cn3)CC2)cn[nH]c1=O. The summed E-state index contributed by atoms with van der Waals surface area (Å²) < 4.78 is 5.74. The average Bonchev–Trinajstić information content (AvgIpc) is 2.79. The Bertz CT molecular complexity index is 976. The highest BCUT2D eigenvalue weighted by molar-refractivity contribution is 5.77. The summed E-state index contributed by atoms with van der Waals surface area (Å²) in [6, 6.07) is 5.65. The normalized spacial score (nSPS) is 14.7. The van der Waals surface area contributed by atoms with Gasteiger partial charge in [-0.1, -0.05) is 0 Å². The van der Waals surface area contributed by atoms with Crippen molar-refractivity contribution in [2.75, 3.05) is 49.5 Å². The van der Waals surface area contributed by atoms with Crippen LogP contribution in [0.1, 0.15) is 24.5 Å². The van der Waals surface area contributed by atoms with E-state index in [0.717, 1.165) is 5.82 Å². The van der Waals surface area contributed by atoms with E-state index in [0.29, 0.717) is 62.6 Å². The first-order valence-corrected chi connectivity index (χ1v) is 10.3. The fourth-order valence-corrected chi connectivity index (χ4v) is 3.34. The van der Waals surface area contributed by atoms with E-state index in [2.05, 4.69) is 31.5 Å². The molecule has 1 amide bonds. The Balaban J connectivity index is 1.36. The van der Waals surface area contributed by atoms with Crippen LogP contribution >= 0.6 is 0 Å². The second kappa shape index (κ2) is 10.5. The van der Waals surface area contributed by atoms with Gasteiger partial charge in [-0.05, 0) is 26.0 Å². The van der Waals surface area contributed by atoms with E-state index >= 15 is 0 Å². The molecule has 2 aromatic heterocycles. The minimum Gasteiger partial charge on any atom is -0.381 e. The lowest BCUT2D eigenvalue weighted by Crippen LogP contribution is -2.49. The molecular weight excluding hydrogens is 398 g/mol. The molecule has 0 aliphatic carbocycles. The number of carbonyl (C=O) groups excluding carboxylic acids is 1. The van der Waals surface area contributed by atoms with Gasteiger partial charge in [-0.25, -0.2) is 10.1 Å². The second-order valence-electron chi connectivity index (χ2n) is 7.43. The molecule has 31 heavy (non-hydrogen) atoms. The van der Waals surface area contributed by atoms with Crippen LogP contribution < -0.4 is 15.8 Å². The maximum absolute atomic E-state index is 12.6. The van der Waals surface area contributed by atoms with Crippen LogP contribution in [0, 0.1) is 18.3 Å². The third-order valence-electron chi connectivity index (χ3n) is 5.22. The second-order valence-corrected chi connectivity index (χ2v) is 7.43. The molecule has 10 heteroatoms. The number of H-pyrrole nitrogens is 1. The summed E-state index contributed by atoms with van der Waals surface area (Å²) in [5.41, 5.74) is 1.56. The maximum atomic E-state index is 12.6. The molecule has 164 valence electrons. The lowest BCUT2D eigenvalue weighted by atomic mass is 10.2. The number of rotatable bonds is 8. The first-order valence-electron chi connectivity index (χ1n) is 10.3. The van der Waals surface area contributed by atoms with E-state index < -0.39 is 0 Å². The van der Waals surface area contributed by atoms with Crippen LogP contribution in [0.2, 0.25) is 0 Å². The van der Waals surface area contributed by atoms with E-state index in [4.69, 9.17) is 10.00 Å². The Hall–Kier alpha value is -3.45. The summed E-state index contributed by atoms with van der Waals surface area (Å²) in [5, 5.41) is 18.1. The van der Waals surface area contributed by atoms with Crippen LogP contribution in [0.25, 0.3) is 0 Å². The number of amides is 1. The van der Waals surface area contributed by atoms with Crippen molar-refractivity contribution in [1.82, 2.24) is 20.1 Å². The number of piperazine rings is 1. The first-order chi connectivity index (χ1) is 15.0. The first kappa shape index (κ1) is 22.2. The predicted octanol–water partition coefficient (Wildman–Crippen LogP) is 0.901. The monoisotopic (exact) mass is 425 g/mol. The van der Waals surface area contributed by atoms with Crippen LogP contribution in [-0.2, 0) is 9.53 Å². The van der Waals surface area contributed by atoms with Crippen molar-refractivity contribution >= 4 is 17.4 Å². The molecule has 1 aliphatic rings. The number of nitriles is 1.